The summed E-state index contributed by atoms with van der Waals surface area (Å²) in [6, 6.07) is 15.7. The van der Waals surface area contributed by atoms with Gasteiger partial charge in [0.05, 0.1) is 5.69 Å². The smallest absolute Gasteiger partial charge is 0.244 e. The Labute approximate surface area is 149 Å². The molecule has 130 valence electrons. The quantitative estimate of drug-likeness (QED) is 0.658. The van der Waals surface area contributed by atoms with Crippen LogP contribution in [0.25, 0.3) is 0 Å². The minimum Gasteiger partial charge on any atom is -0.508 e. The molecule has 0 aromatic heterocycles. The van der Waals surface area contributed by atoms with Crippen LogP contribution in [0.4, 0.5) is 10.1 Å². The van der Waals surface area contributed by atoms with Crippen molar-refractivity contribution in [3.05, 3.63) is 88.7 Å². The van der Waals surface area contributed by atoms with Gasteiger partial charge in [0.1, 0.15) is 22.7 Å². The van der Waals surface area contributed by atoms with Gasteiger partial charge >= 0.3 is 0 Å². The molecule has 0 bridgehead atoms. The van der Waals surface area contributed by atoms with E-state index in [2.05, 4.69) is 5.32 Å². The van der Waals surface area contributed by atoms with Gasteiger partial charge in [-0.25, -0.2) is 4.39 Å². The number of phenolic OH excluding ortho intramolecular Hbond substituents is 2. The highest BCUT2D eigenvalue weighted by atomic mass is 19.1. The van der Waals surface area contributed by atoms with E-state index in [0.29, 0.717) is 27.9 Å². The predicted octanol–water partition coefficient (Wildman–Crippen LogP) is 3.83. The Morgan fingerprint density at radius 1 is 0.846 bits per heavy atom. The highest BCUT2D eigenvalue weighted by Crippen LogP contribution is 2.49. The van der Waals surface area contributed by atoms with E-state index in [0.717, 1.165) is 0 Å². The fourth-order valence-corrected chi connectivity index (χ4v) is 3.65. The number of carbonyl (C=O) groups excluding carboxylic acids is 1. The number of halogens is 1. The minimum atomic E-state index is -1.20. The van der Waals surface area contributed by atoms with E-state index in [1.807, 2.05) is 0 Å². The van der Waals surface area contributed by atoms with Gasteiger partial charge in [0, 0.05) is 11.1 Å². The Morgan fingerprint density at radius 2 is 1.35 bits per heavy atom. The van der Waals surface area contributed by atoms with Crippen molar-refractivity contribution in [1.82, 2.24) is 0 Å². The van der Waals surface area contributed by atoms with Crippen molar-refractivity contribution in [1.29, 1.82) is 0 Å². The number of nitrogens with one attached hydrogen (secondary N) is 1. The van der Waals surface area contributed by atoms with Gasteiger partial charge in [-0.1, -0.05) is 30.3 Å². The summed E-state index contributed by atoms with van der Waals surface area (Å²) in [7, 11) is 0. The van der Waals surface area contributed by atoms with Gasteiger partial charge in [0.25, 0.3) is 0 Å². The van der Waals surface area contributed by atoms with Gasteiger partial charge < -0.3 is 15.5 Å². The third kappa shape index (κ3) is 2.10. The number of hydrogen-bond acceptors (Lipinski definition) is 3. The molecule has 4 rings (SSSR count). The van der Waals surface area contributed by atoms with E-state index >= 15 is 0 Å². The molecule has 0 atom stereocenters. The number of anilines is 1. The Bertz CT molecular complexity index is 965. The Balaban J connectivity index is 2.08. The van der Waals surface area contributed by atoms with Crippen molar-refractivity contribution < 1.29 is 19.4 Å². The monoisotopic (exact) mass is 349 g/mol. The van der Waals surface area contributed by atoms with Crippen LogP contribution >= 0.6 is 0 Å². The lowest BCUT2D eigenvalue weighted by Crippen LogP contribution is -2.36. The van der Waals surface area contributed by atoms with Crippen LogP contribution in [0.1, 0.15) is 22.3 Å². The van der Waals surface area contributed by atoms with Crippen molar-refractivity contribution in [2.45, 2.75) is 12.3 Å². The maximum atomic E-state index is 14.0. The van der Waals surface area contributed by atoms with Crippen LogP contribution in [0, 0.1) is 12.7 Å². The van der Waals surface area contributed by atoms with E-state index in [1.165, 1.54) is 30.3 Å². The topological polar surface area (TPSA) is 69.6 Å². The van der Waals surface area contributed by atoms with Crippen LogP contribution < -0.4 is 5.32 Å². The highest BCUT2D eigenvalue weighted by molar-refractivity contribution is 6.12. The number of phenols is 2. The molecular weight excluding hydrogens is 333 g/mol. The van der Waals surface area contributed by atoms with E-state index < -0.39 is 11.2 Å². The summed E-state index contributed by atoms with van der Waals surface area (Å²) in [6.07, 6.45) is 0. The summed E-state index contributed by atoms with van der Waals surface area (Å²) in [5.41, 5.74) is 1.55. The Kier molecular flexibility index (Phi) is 3.47. The van der Waals surface area contributed by atoms with Gasteiger partial charge in [-0.15, -0.1) is 0 Å². The summed E-state index contributed by atoms with van der Waals surface area (Å²) in [5.74, 6) is -0.527. The number of hydrogen-bond donors (Lipinski definition) is 3. The van der Waals surface area contributed by atoms with E-state index in [-0.39, 0.29) is 17.4 Å². The molecule has 3 N–H and O–H groups in total. The molecule has 0 unspecified atom stereocenters. The lowest BCUT2D eigenvalue weighted by molar-refractivity contribution is -0.118. The molecule has 0 fully saturated rings. The van der Waals surface area contributed by atoms with Gasteiger partial charge in [0.15, 0.2) is 0 Å². The van der Waals surface area contributed by atoms with E-state index in [1.54, 1.807) is 37.3 Å². The second kappa shape index (κ2) is 5.59. The van der Waals surface area contributed by atoms with Crippen molar-refractivity contribution in [3.8, 4) is 11.5 Å². The number of amides is 1. The average molecular weight is 349 g/mol. The molecule has 0 spiro atoms. The molecule has 1 heterocycles. The summed E-state index contributed by atoms with van der Waals surface area (Å²) in [5, 5.41) is 22.1. The summed E-state index contributed by atoms with van der Waals surface area (Å²) in [6.45, 7) is 1.62. The molecule has 0 saturated heterocycles. The van der Waals surface area contributed by atoms with Gasteiger partial charge in [-0.05, 0) is 48.4 Å². The van der Waals surface area contributed by atoms with Gasteiger partial charge in [-0.3, -0.25) is 4.79 Å². The van der Waals surface area contributed by atoms with E-state index in [4.69, 9.17) is 0 Å². The largest absolute Gasteiger partial charge is 0.508 e. The molecule has 0 saturated carbocycles. The first-order chi connectivity index (χ1) is 12.4. The summed E-state index contributed by atoms with van der Waals surface area (Å²) < 4.78 is 14.0. The van der Waals surface area contributed by atoms with Crippen molar-refractivity contribution >= 4 is 11.6 Å². The first kappa shape index (κ1) is 16.1. The fourth-order valence-electron chi connectivity index (χ4n) is 3.65. The summed E-state index contributed by atoms with van der Waals surface area (Å²) >= 11 is 0. The molecule has 0 aliphatic carbocycles. The highest BCUT2D eigenvalue weighted by Gasteiger charge is 2.50. The molecule has 4 nitrogen and oxygen atoms in total. The van der Waals surface area contributed by atoms with Gasteiger partial charge in [-0.2, -0.15) is 0 Å². The maximum absolute atomic E-state index is 14.0. The van der Waals surface area contributed by atoms with Gasteiger partial charge in [0.2, 0.25) is 5.91 Å². The second-order valence-electron chi connectivity index (χ2n) is 6.39. The molecule has 5 heteroatoms. The number of fused-ring (bicyclic) bond motifs is 1. The fraction of sp³-hybridized carbons (Fsp3) is 0.0952. The van der Waals surface area contributed by atoms with Crippen LogP contribution in [0.5, 0.6) is 11.5 Å². The van der Waals surface area contributed by atoms with E-state index in [9.17, 15) is 19.4 Å². The first-order valence-electron chi connectivity index (χ1n) is 8.14. The van der Waals surface area contributed by atoms with Crippen molar-refractivity contribution in [2.75, 3.05) is 5.32 Å². The third-order valence-electron chi connectivity index (χ3n) is 4.98. The lowest BCUT2D eigenvalue weighted by Gasteiger charge is -2.29. The first-order valence-corrected chi connectivity index (χ1v) is 8.14. The zero-order chi connectivity index (χ0) is 18.5. The van der Waals surface area contributed by atoms with Crippen LogP contribution in [0.15, 0.2) is 60.7 Å². The van der Waals surface area contributed by atoms with Crippen LogP contribution in [-0.4, -0.2) is 16.1 Å². The molecular formula is C21H16FNO3. The number of carbonyl (C=O) groups is 1. The number of benzene rings is 3. The maximum Gasteiger partial charge on any atom is 0.244 e. The molecule has 0 radical (unpaired) electrons. The second-order valence-corrected chi connectivity index (χ2v) is 6.39. The molecule has 3 aromatic rings. The normalized spacial score (nSPS) is 14.8. The average Bonchev–Trinajstić information content (AvgIpc) is 2.93. The van der Waals surface area contributed by atoms with Crippen LogP contribution in [0.3, 0.4) is 0 Å². The number of aromatic hydroxyl groups is 2. The zero-order valence-corrected chi connectivity index (χ0v) is 14.0. The molecule has 3 aromatic carbocycles. The molecule has 1 aliphatic heterocycles. The van der Waals surface area contributed by atoms with Crippen molar-refractivity contribution in [2.24, 2.45) is 0 Å². The number of rotatable bonds is 2. The Hall–Kier alpha value is -3.34. The van der Waals surface area contributed by atoms with Crippen LogP contribution in [0.2, 0.25) is 0 Å². The Morgan fingerprint density at radius 3 is 1.85 bits per heavy atom. The minimum absolute atomic E-state index is 0.0866. The molecule has 1 amide bonds. The molecule has 26 heavy (non-hydrogen) atoms. The zero-order valence-electron chi connectivity index (χ0n) is 14.0. The predicted molar refractivity (Wildman–Crippen MR) is 95.9 cm³/mol. The van der Waals surface area contributed by atoms with Crippen molar-refractivity contribution in [3.63, 3.8) is 0 Å². The standard InChI is InChI=1S/C21H16FNO3/c1-12-18(22)11-10-17-19(12)23-20(26)21(17,13-2-6-15(24)7-3-13)14-4-8-16(25)9-5-14/h2-11,24-25H,1H3,(H,23,26). The van der Waals surface area contributed by atoms with Crippen LogP contribution in [-0.2, 0) is 10.2 Å². The summed E-state index contributed by atoms with van der Waals surface area (Å²) in [4.78, 5) is 13.2. The molecule has 1 aliphatic rings. The third-order valence-corrected chi connectivity index (χ3v) is 4.98. The lowest BCUT2D eigenvalue weighted by atomic mass is 9.70. The SMILES string of the molecule is Cc1c(F)ccc2c1NC(=O)C2(c1ccc(O)cc1)c1ccc(O)cc1.